The predicted molar refractivity (Wildman–Crippen MR) is 477 cm³/mol. The second-order valence-electron chi connectivity index (χ2n) is 21.9. The van der Waals surface area contributed by atoms with Crippen molar-refractivity contribution in [2.24, 2.45) is 0 Å². The van der Waals surface area contributed by atoms with Gasteiger partial charge in [-0.05, 0) is 291 Å². The molecule has 0 radical (unpaired) electrons. The molecule has 0 saturated heterocycles. The maximum absolute atomic E-state index is 11.5. The minimum absolute atomic E-state index is 0.00956. The third-order valence-corrected chi connectivity index (χ3v) is 63.9. The minimum Gasteiger partial charge on any atom is -0.505 e. The molecule has 516 valence electrons. The lowest BCUT2D eigenvalue weighted by Gasteiger charge is -2.27. The van der Waals surface area contributed by atoms with Gasteiger partial charge in [-0.15, -0.1) is 0 Å². The minimum atomic E-state index is -0.463. The van der Waals surface area contributed by atoms with E-state index in [-0.39, 0.29) is 57.8 Å². The van der Waals surface area contributed by atoms with Crippen molar-refractivity contribution in [3.05, 3.63) is 142 Å². The molecule has 0 amide bonds. The first-order valence-electron chi connectivity index (χ1n) is 27.6. The molecule has 8 nitrogen and oxygen atoms in total. The molecule has 4 aromatic heterocycles. The van der Waals surface area contributed by atoms with Crippen LogP contribution >= 0.6 is 315 Å². The third-order valence-electron chi connectivity index (χ3n) is 15.5. The van der Waals surface area contributed by atoms with Crippen LogP contribution in [0.5, 0.6) is 46.0 Å². The van der Waals surface area contributed by atoms with Gasteiger partial charge in [-0.25, -0.2) is 0 Å². The molecule has 0 unspecified atom stereocenters. The van der Waals surface area contributed by atoms with Crippen molar-refractivity contribution < 1.29 is 40.9 Å². The van der Waals surface area contributed by atoms with Crippen LogP contribution in [0.25, 0.3) is 75.2 Å². The van der Waals surface area contributed by atoms with Crippen molar-refractivity contribution >= 4 is 390 Å². The molecular weight excluding hydrogens is 1850 g/mol. The first kappa shape index (κ1) is 75.4. The highest BCUT2D eigenvalue weighted by Crippen LogP contribution is 2.50. The molecule has 0 atom stereocenters. The molecule has 8 aliphatic rings. The number of benzene rings is 8. The number of hydrogen-bond donors (Lipinski definition) is 8. The van der Waals surface area contributed by atoms with E-state index in [0.29, 0.717) is 0 Å². The first-order valence-corrected chi connectivity index (χ1v) is 66.1. The van der Waals surface area contributed by atoms with Crippen molar-refractivity contribution in [3.8, 4) is 46.0 Å². The molecular formula is C58H44O8S32. The van der Waals surface area contributed by atoms with E-state index in [2.05, 4.69) is 139 Å². The number of rotatable bonds is 0. The van der Waals surface area contributed by atoms with Crippen LogP contribution in [0.3, 0.4) is 0 Å². The fourth-order valence-corrected chi connectivity index (χ4v) is 55.3. The summed E-state index contributed by atoms with van der Waals surface area (Å²) >= 11 is 0. The van der Waals surface area contributed by atoms with Crippen molar-refractivity contribution in [1.29, 1.82) is 0 Å². The zero-order valence-corrected chi connectivity index (χ0v) is 76.2. The zero-order valence-electron chi connectivity index (χ0n) is 50.0. The summed E-state index contributed by atoms with van der Waals surface area (Å²) in [6.45, 7) is 13.1. The number of hydrogen-bond acceptors (Lipinski definition) is 40. The Bertz CT molecular complexity index is 4790. The Labute approximate surface area is 671 Å². The van der Waals surface area contributed by atoms with Gasteiger partial charge in [-0.3, -0.25) is 0 Å². The quantitative estimate of drug-likeness (QED) is 0.0696. The average Bonchev–Trinajstić information content (AvgIpc) is 0.777. The molecule has 0 aliphatic carbocycles. The molecule has 12 aromatic rings. The molecule has 98 heavy (non-hydrogen) atoms. The normalized spacial score (nSPS) is 14.3. The maximum Gasteiger partial charge on any atom is 0.151 e. The van der Waals surface area contributed by atoms with E-state index in [1.807, 2.05) is 0 Å². The molecule has 8 aliphatic heterocycles. The lowest BCUT2D eigenvalue weighted by molar-refractivity contribution is 0.487. The van der Waals surface area contributed by atoms with Crippen LogP contribution in [0.1, 0.15) is 97.9 Å². The van der Waals surface area contributed by atoms with Crippen LogP contribution in [-0.2, 0) is 10.8 Å². The fourth-order valence-electron chi connectivity index (χ4n) is 9.73. The van der Waals surface area contributed by atoms with Gasteiger partial charge in [0.1, 0.15) is 0 Å². The van der Waals surface area contributed by atoms with E-state index in [9.17, 15) is 40.9 Å². The van der Waals surface area contributed by atoms with Gasteiger partial charge in [0.25, 0.3) is 0 Å². The van der Waals surface area contributed by atoms with Crippen LogP contribution in [0.2, 0.25) is 0 Å². The molecule has 24 bridgehead atoms. The Kier molecular flexibility index (Phi) is 25.8. The van der Waals surface area contributed by atoms with E-state index < -0.39 is 10.8 Å². The van der Waals surface area contributed by atoms with Crippen LogP contribution in [-0.4, -0.2) is 40.9 Å². The Morgan fingerprint density at radius 1 is 0.194 bits per heavy atom. The highest BCUT2D eigenvalue weighted by atomic mass is 33.4. The molecule has 40 heteroatoms. The topological polar surface area (TPSA) is 162 Å². The van der Waals surface area contributed by atoms with Gasteiger partial charge in [0, 0.05) is 22.7 Å². The van der Waals surface area contributed by atoms with Crippen molar-refractivity contribution in [1.82, 2.24) is 0 Å². The summed E-state index contributed by atoms with van der Waals surface area (Å²) in [7, 11) is 49.1. The van der Waals surface area contributed by atoms with Crippen LogP contribution in [0, 0.1) is 0 Å². The van der Waals surface area contributed by atoms with E-state index in [1.54, 1.807) is 150 Å². The smallest absolute Gasteiger partial charge is 0.151 e. The van der Waals surface area contributed by atoms with Gasteiger partial charge >= 0.3 is 0 Å². The van der Waals surface area contributed by atoms with E-state index in [0.717, 1.165) is 120 Å². The summed E-state index contributed by atoms with van der Waals surface area (Å²) in [4.78, 5) is 0. The van der Waals surface area contributed by atoms with Gasteiger partial charge in [0.05, 0.1) is 75.2 Å². The van der Waals surface area contributed by atoms with Crippen LogP contribution < -0.4 is 0 Å². The second kappa shape index (κ2) is 33.6. The summed E-state index contributed by atoms with van der Waals surface area (Å²) in [6, 6.07) is 33.3. The molecule has 20 rings (SSSR count). The summed E-state index contributed by atoms with van der Waals surface area (Å²) in [6.07, 6.45) is 0. The van der Waals surface area contributed by atoms with Gasteiger partial charge in [0.2, 0.25) is 0 Å². The van der Waals surface area contributed by atoms with Gasteiger partial charge in [0.15, 0.2) is 46.0 Å². The summed E-state index contributed by atoms with van der Waals surface area (Å²) < 4.78 is 12.6. The Hall–Kier alpha value is -0.800. The average molecular weight is 1900 g/mol. The molecule has 0 spiro atoms. The predicted octanol–water partition coefficient (Wildman–Crippen LogP) is 33.5. The van der Waals surface area contributed by atoms with Gasteiger partial charge in [-0.2, -0.15) is 0 Å². The summed E-state index contributed by atoms with van der Waals surface area (Å²) in [5.74, 6) is 2.16. The molecule has 8 N–H and O–H groups in total. The number of aromatic hydroxyl groups is 8. The number of phenols is 8. The maximum atomic E-state index is 11.5. The monoisotopic (exact) mass is 1890 g/mol. The van der Waals surface area contributed by atoms with Crippen LogP contribution in [0.15, 0.2) is 97.1 Å². The molecule has 8 aromatic carbocycles. The zero-order chi connectivity index (χ0) is 68.6. The Balaban J connectivity index is 0.000000177. The van der Waals surface area contributed by atoms with E-state index in [1.165, 1.54) is 165 Å². The molecule has 0 saturated carbocycles. The van der Waals surface area contributed by atoms with Gasteiger partial charge in [-0.1, -0.05) is 207 Å². The molecule has 0 fully saturated rings. The standard InChI is InChI=1S/C30H24O4S16.C28H20O4S16/c1-29(2)13-5-17-25(31)18(6-13)36-44-48-40-22-10-15(9-21(27(22)33)39-47-43-35-17)30(3,4)16-11-23-28(34)24(12-16)42-50-46-38-20-8-14(29)7-19(26(20)32)37-45-49-41-23;1-11-13-3-17-25(29)18(4-13)34-42-46-38-22-8-15(7-21(27(22)31)37-45-41-33-17)12(2)16-9-23-28(32)24(10-16)40-48-44-36-20-6-14(11)5-19(26(20)30)35-43-47-39-23/h5-12,31-34H,1-4H3;3-12,29-32H,1-2H3. The third kappa shape index (κ3) is 17.0. The lowest BCUT2D eigenvalue weighted by Crippen LogP contribution is -2.18. The SMILES string of the molecule is CC1(C)c2cc3ssssc4cc(cc(ssssc(c2)c3O)c4O)C(C)(C)c2cc3ssssc4cc1cc(ssssc(c2)c3O)c4O.CC1c2cc3ssssc4cc(cc(ssssc(c2)c3O)c4O)C(C)c2cc3ssssc4cc1cc(ssssc(c2)c3O)c4O. The summed E-state index contributed by atoms with van der Waals surface area (Å²) in [5.41, 5.74) is 7.65. The van der Waals surface area contributed by atoms with Crippen molar-refractivity contribution in [2.75, 3.05) is 0 Å². The van der Waals surface area contributed by atoms with Gasteiger partial charge < -0.3 is 40.9 Å². The van der Waals surface area contributed by atoms with Crippen LogP contribution in [0.4, 0.5) is 0 Å². The van der Waals surface area contributed by atoms with Crippen molar-refractivity contribution in [2.45, 2.75) is 64.2 Å². The van der Waals surface area contributed by atoms with E-state index in [4.69, 9.17) is 0 Å². The summed E-state index contributed by atoms with van der Waals surface area (Å²) in [5, 5.41) is 91.2. The largest absolute Gasteiger partial charge is 0.505 e. The van der Waals surface area contributed by atoms with Crippen molar-refractivity contribution in [3.63, 3.8) is 0 Å². The Morgan fingerprint density at radius 2 is 0.296 bits per heavy atom. The second-order valence-corrected chi connectivity index (χ2v) is 67.9. The van der Waals surface area contributed by atoms with E-state index >= 15 is 0 Å². The Morgan fingerprint density at radius 3 is 0.408 bits per heavy atom. The molecule has 12 heterocycles. The first-order chi connectivity index (χ1) is 47.2. The highest BCUT2D eigenvalue weighted by Gasteiger charge is 2.29. The fraction of sp³-hybridized carbons (Fsp3) is 0.172. The lowest BCUT2D eigenvalue weighted by atomic mass is 9.78. The highest BCUT2D eigenvalue weighted by molar-refractivity contribution is 8.11. The number of phenolic OH excluding ortho intramolecular Hbond substituents is 8.